The van der Waals surface area contributed by atoms with E-state index in [2.05, 4.69) is 47.3 Å². The Hall–Kier alpha value is -1.17. The van der Waals surface area contributed by atoms with Crippen LogP contribution in [0.4, 0.5) is 5.82 Å². The Labute approximate surface area is 109 Å². The van der Waals surface area contributed by atoms with E-state index in [1.165, 1.54) is 0 Å². The first-order chi connectivity index (χ1) is 8.61. The number of pyridine rings is 1. The molecule has 0 bridgehead atoms. The molecule has 0 amide bonds. The van der Waals surface area contributed by atoms with Gasteiger partial charge in [0.15, 0.2) is 0 Å². The molecule has 1 aromatic rings. The van der Waals surface area contributed by atoms with E-state index in [9.17, 15) is 0 Å². The number of likely N-dealkylation sites (N-methyl/N-ethyl adjacent to an activating group) is 1. The molecular weight excluding hydrogens is 226 g/mol. The summed E-state index contributed by atoms with van der Waals surface area (Å²) in [6.07, 6.45) is 1.76. The second-order valence-corrected chi connectivity index (χ2v) is 5.36. The van der Waals surface area contributed by atoms with Gasteiger partial charge in [-0.2, -0.15) is 0 Å². The first kappa shape index (κ1) is 13.3. The summed E-state index contributed by atoms with van der Waals surface area (Å²) < 4.78 is 0. The average Bonchev–Trinajstić information content (AvgIpc) is 2.71. The van der Waals surface area contributed by atoms with Crippen molar-refractivity contribution in [3.63, 3.8) is 0 Å². The van der Waals surface area contributed by atoms with Gasteiger partial charge in [0, 0.05) is 37.4 Å². The zero-order valence-corrected chi connectivity index (χ0v) is 11.4. The SMILES string of the molecule is CC1CN(Cc2cccnc2NN)CC1N(C)C. The quantitative estimate of drug-likeness (QED) is 0.609. The number of rotatable bonds is 4. The van der Waals surface area contributed by atoms with Crippen molar-refractivity contribution in [2.75, 3.05) is 32.6 Å². The normalized spacial score (nSPS) is 24.7. The highest BCUT2D eigenvalue weighted by Crippen LogP contribution is 2.23. The fraction of sp³-hybridized carbons (Fsp3) is 0.615. The second kappa shape index (κ2) is 5.65. The third kappa shape index (κ3) is 2.80. The maximum absolute atomic E-state index is 5.49. The molecule has 1 aliphatic rings. The van der Waals surface area contributed by atoms with Crippen molar-refractivity contribution >= 4 is 5.82 Å². The van der Waals surface area contributed by atoms with Crippen molar-refractivity contribution in [3.05, 3.63) is 23.9 Å². The lowest BCUT2D eigenvalue weighted by Crippen LogP contribution is -2.34. The molecule has 0 saturated carbocycles. The van der Waals surface area contributed by atoms with Gasteiger partial charge in [0.1, 0.15) is 5.82 Å². The van der Waals surface area contributed by atoms with Gasteiger partial charge in [0.25, 0.3) is 0 Å². The van der Waals surface area contributed by atoms with E-state index in [4.69, 9.17) is 5.84 Å². The van der Waals surface area contributed by atoms with Crippen LogP contribution in [0.1, 0.15) is 12.5 Å². The van der Waals surface area contributed by atoms with E-state index in [-0.39, 0.29) is 0 Å². The largest absolute Gasteiger partial charge is 0.308 e. The molecule has 5 heteroatoms. The number of likely N-dealkylation sites (tertiary alicyclic amines) is 1. The van der Waals surface area contributed by atoms with E-state index >= 15 is 0 Å². The Morgan fingerprint density at radius 3 is 2.89 bits per heavy atom. The molecule has 0 radical (unpaired) electrons. The number of nitrogen functional groups attached to an aromatic ring is 1. The molecule has 2 atom stereocenters. The number of aromatic nitrogens is 1. The van der Waals surface area contributed by atoms with Crippen molar-refractivity contribution in [3.8, 4) is 0 Å². The van der Waals surface area contributed by atoms with Crippen molar-refractivity contribution in [1.82, 2.24) is 14.8 Å². The standard InChI is InChI=1S/C13H23N5/c1-10-7-18(9-12(10)17(2)3)8-11-5-4-6-15-13(11)16-14/h4-6,10,12H,7-9,14H2,1-3H3,(H,15,16). The van der Waals surface area contributed by atoms with Crippen LogP contribution < -0.4 is 11.3 Å². The first-order valence-corrected chi connectivity index (χ1v) is 6.41. The lowest BCUT2D eigenvalue weighted by atomic mass is 10.1. The molecule has 1 saturated heterocycles. The lowest BCUT2D eigenvalue weighted by Gasteiger charge is -2.22. The first-order valence-electron chi connectivity index (χ1n) is 6.41. The Bertz CT molecular complexity index is 393. The summed E-state index contributed by atoms with van der Waals surface area (Å²) in [7, 11) is 4.31. The molecule has 0 aromatic carbocycles. The van der Waals surface area contributed by atoms with Crippen LogP contribution in [0.2, 0.25) is 0 Å². The van der Waals surface area contributed by atoms with Crippen LogP contribution in [0.5, 0.6) is 0 Å². The fourth-order valence-electron chi connectivity index (χ4n) is 2.79. The van der Waals surface area contributed by atoms with Crippen LogP contribution >= 0.6 is 0 Å². The molecule has 0 spiro atoms. The van der Waals surface area contributed by atoms with E-state index in [0.29, 0.717) is 12.0 Å². The summed E-state index contributed by atoms with van der Waals surface area (Å²) in [6.45, 7) is 5.45. The summed E-state index contributed by atoms with van der Waals surface area (Å²) >= 11 is 0. The Morgan fingerprint density at radius 2 is 2.28 bits per heavy atom. The van der Waals surface area contributed by atoms with E-state index in [0.717, 1.165) is 31.0 Å². The maximum atomic E-state index is 5.49. The second-order valence-electron chi connectivity index (χ2n) is 5.36. The van der Waals surface area contributed by atoms with Gasteiger partial charge >= 0.3 is 0 Å². The molecule has 2 rings (SSSR count). The molecule has 1 fully saturated rings. The van der Waals surface area contributed by atoms with Crippen molar-refractivity contribution in [1.29, 1.82) is 0 Å². The molecule has 1 aromatic heterocycles. The number of nitrogens with two attached hydrogens (primary N) is 1. The molecule has 100 valence electrons. The zero-order valence-electron chi connectivity index (χ0n) is 11.4. The van der Waals surface area contributed by atoms with Crippen LogP contribution in [0.15, 0.2) is 18.3 Å². The number of nitrogens with zero attached hydrogens (tertiary/aromatic N) is 3. The van der Waals surface area contributed by atoms with Crippen molar-refractivity contribution in [2.45, 2.75) is 19.5 Å². The minimum absolute atomic E-state index is 0.635. The van der Waals surface area contributed by atoms with Crippen molar-refractivity contribution < 1.29 is 0 Å². The number of hydrogen-bond donors (Lipinski definition) is 2. The van der Waals surface area contributed by atoms with Gasteiger partial charge in [-0.15, -0.1) is 0 Å². The van der Waals surface area contributed by atoms with E-state index in [1.54, 1.807) is 6.20 Å². The third-order valence-electron chi connectivity index (χ3n) is 3.73. The third-order valence-corrected chi connectivity index (χ3v) is 3.73. The minimum Gasteiger partial charge on any atom is -0.308 e. The smallest absolute Gasteiger partial charge is 0.144 e. The number of hydrazine groups is 1. The summed E-state index contributed by atoms with van der Waals surface area (Å²) in [5, 5.41) is 0. The van der Waals surface area contributed by atoms with Crippen LogP contribution in [0.3, 0.4) is 0 Å². The highest BCUT2D eigenvalue weighted by atomic mass is 15.3. The monoisotopic (exact) mass is 249 g/mol. The van der Waals surface area contributed by atoms with Gasteiger partial charge in [-0.05, 0) is 26.1 Å². The van der Waals surface area contributed by atoms with Crippen LogP contribution in [0, 0.1) is 5.92 Å². The summed E-state index contributed by atoms with van der Waals surface area (Å²) in [6, 6.07) is 4.67. The minimum atomic E-state index is 0.635. The van der Waals surface area contributed by atoms with E-state index < -0.39 is 0 Å². The summed E-state index contributed by atoms with van der Waals surface area (Å²) in [4.78, 5) is 9.02. The molecule has 18 heavy (non-hydrogen) atoms. The van der Waals surface area contributed by atoms with Crippen LogP contribution in [0.25, 0.3) is 0 Å². The topological polar surface area (TPSA) is 57.4 Å². The molecule has 2 heterocycles. The fourth-order valence-corrected chi connectivity index (χ4v) is 2.79. The van der Waals surface area contributed by atoms with Gasteiger partial charge in [-0.25, -0.2) is 10.8 Å². The predicted molar refractivity (Wildman–Crippen MR) is 74.0 cm³/mol. The summed E-state index contributed by atoms with van der Waals surface area (Å²) in [5.41, 5.74) is 3.83. The highest BCUT2D eigenvalue weighted by Gasteiger charge is 2.30. The Balaban J connectivity index is 2.03. The maximum Gasteiger partial charge on any atom is 0.144 e. The molecule has 5 nitrogen and oxygen atoms in total. The highest BCUT2D eigenvalue weighted by molar-refractivity contribution is 5.42. The predicted octanol–water partition coefficient (Wildman–Crippen LogP) is 0.749. The number of anilines is 1. The van der Waals surface area contributed by atoms with Gasteiger partial charge in [-0.1, -0.05) is 13.0 Å². The zero-order chi connectivity index (χ0) is 13.1. The number of nitrogens with one attached hydrogen (secondary N) is 1. The molecule has 3 N–H and O–H groups in total. The van der Waals surface area contributed by atoms with Gasteiger partial charge in [-0.3, -0.25) is 4.90 Å². The molecule has 2 unspecified atom stereocenters. The van der Waals surface area contributed by atoms with Crippen molar-refractivity contribution in [2.24, 2.45) is 11.8 Å². The van der Waals surface area contributed by atoms with Crippen LogP contribution in [-0.4, -0.2) is 48.0 Å². The summed E-state index contributed by atoms with van der Waals surface area (Å²) in [5.74, 6) is 6.96. The lowest BCUT2D eigenvalue weighted by molar-refractivity contribution is 0.250. The Morgan fingerprint density at radius 1 is 1.50 bits per heavy atom. The van der Waals surface area contributed by atoms with Crippen LogP contribution in [-0.2, 0) is 6.54 Å². The Kier molecular flexibility index (Phi) is 4.16. The van der Waals surface area contributed by atoms with Gasteiger partial charge in [0.05, 0.1) is 0 Å². The molecular formula is C13H23N5. The van der Waals surface area contributed by atoms with Gasteiger partial charge < -0.3 is 10.3 Å². The van der Waals surface area contributed by atoms with E-state index in [1.807, 2.05) is 6.07 Å². The average molecular weight is 249 g/mol. The molecule has 1 aliphatic heterocycles. The molecule has 0 aliphatic carbocycles. The number of hydrogen-bond acceptors (Lipinski definition) is 5. The van der Waals surface area contributed by atoms with Gasteiger partial charge in [0.2, 0.25) is 0 Å².